The minimum atomic E-state index is -0.199. The summed E-state index contributed by atoms with van der Waals surface area (Å²) in [5, 5.41) is 3.58. The first-order valence-electron chi connectivity index (χ1n) is 8.11. The molecular formula is C19H20ClNO4. The quantitative estimate of drug-likeness (QED) is 0.882. The molecule has 0 saturated carbocycles. The van der Waals surface area contributed by atoms with Crippen molar-refractivity contribution in [3.63, 3.8) is 0 Å². The number of hydrogen-bond acceptors (Lipinski definition) is 4. The maximum Gasteiger partial charge on any atom is 0.258 e. The van der Waals surface area contributed by atoms with E-state index in [0.717, 1.165) is 16.9 Å². The first-order valence-corrected chi connectivity index (χ1v) is 8.48. The standard InChI is InChI=1S/C19H20ClNO4/c1-12-9-15(4-5-16(12)20)25-11-19(22)21-13(2)14-3-6-17-18(10-14)24-8-7-23-17/h3-6,9-10,13H,7-8,11H2,1-2H3,(H,21,22). The first-order chi connectivity index (χ1) is 12.0. The highest BCUT2D eigenvalue weighted by molar-refractivity contribution is 6.31. The van der Waals surface area contributed by atoms with Gasteiger partial charge in [-0.1, -0.05) is 17.7 Å². The minimum absolute atomic E-state index is 0.0596. The Balaban J connectivity index is 1.56. The van der Waals surface area contributed by atoms with Crippen LogP contribution >= 0.6 is 11.6 Å². The van der Waals surface area contributed by atoms with Crippen molar-refractivity contribution in [2.45, 2.75) is 19.9 Å². The summed E-state index contributed by atoms with van der Waals surface area (Å²) in [4.78, 5) is 12.1. The second-order valence-corrected chi connectivity index (χ2v) is 6.30. The summed E-state index contributed by atoms with van der Waals surface area (Å²) < 4.78 is 16.6. The Hall–Kier alpha value is -2.40. The zero-order valence-corrected chi connectivity index (χ0v) is 14.9. The Kier molecular flexibility index (Phi) is 5.34. The number of benzene rings is 2. The molecular weight excluding hydrogens is 342 g/mol. The third kappa shape index (κ3) is 4.37. The Bertz CT molecular complexity index is 778. The summed E-state index contributed by atoms with van der Waals surface area (Å²) in [6, 6.07) is 10.8. The van der Waals surface area contributed by atoms with Crippen LogP contribution in [0.3, 0.4) is 0 Å². The molecule has 2 aromatic carbocycles. The van der Waals surface area contributed by atoms with E-state index in [1.54, 1.807) is 18.2 Å². The molecule has 5 nitrogen and oxygen atoms in total. The summed E-state index contributed by atoms with van der Waals surface area (Å²) in [7, 11) is 0. The topological polar surface area (TPSA) is 56.8 Å². The van der Waals surface area contributed by atoms with Crippen LogP contribution in [-0.2, 0) is 4.79 Å². The predicted octanol–water partition coefficient (Wildman–Crippen LogP) is 3.68. The molecule has 0 aliphatic carbocycles. The Morgan fingerprint density at radius 3 is 2.72 bits per heavy atom. The molecule has 2 aromatic rings. The van der Waals surface area contributed by atoms with Crippen molar-refractivity contribution in [3.8, 4) is 17.2 Å². The van der Waals surface area contributed by atoms with Crippen LogP contribution in [0.1, 0.15) is 24.1 Å². The lowest BCUT2D eigenvalue weighted by Gasteiger charge is -2.21. The van der Waals surface area contributed by atoms with Crippen LogP contribution < -0.4 is 19.5 Å². The SMILES string of the molecule is Cc1cc(OCC(=O)NC(C)c2ccc3c(c2)OCCO3)ccc1Cl. The van der Waals surface area contributed by atoms with Gasteiger partial charge in [-0.3, -0.25) is 4.79 Å². The average molecular weight is 362 g/mol. The summed E-state index contributed by atoms with van der Waals surface area (Å²) >= 11 is 5.98. The van der Waals surface area contributed by atoms with Gasteiger partial charge in [0.2, 0.25) is 0 Å². The van der Waals surface area contributed by atoms with E-state index in [2.05, 4.69) is 5.32 Å². The van der Waals surface area contributed by atoms with Crippen molar-refractivity contribution in [1.82, 2.24) is 5.32 Å². The van der Waals surface area contributed by atoms with Gasteiger partial charge in [-0.2, -0.15) is 0 Å². The minimum Gasteiger partial charge on any atom is -0.486 e. The highest BCUT2D eigenvalue weighted by atomic mass is 35.5. The van der Waals surface area contributed by atoms with E-state index in [0.29, 0.717) is 29.7 Å². The largest absolute Gasteiger partial charge is 0.486 e. The maximum absolute atomic E-state index is 12.1. The van der Waals surface area contributed by atoms with Crippen molar-refractivity contribution < 1.29 is 19.0 Å². The van der Waals surface area contributed by atoms with Crippen LogP contribution in [0.25, 0.3) is 0 Å². The van der Waals surface area contributed by atoms with Crippen molar-refractivity contribution in [1.29, 1.82) is 0 Å². The lowest BCUT2D eigenvalue weighted by atomic mass is 10.1. The molecule has 1 unspecified atom stereocenters. The van der Waals surface area contributed by atoms with E-state index in [9.17, 15) is 4.79 Å². The molecule has 1 N–H and O–H groups in total. The molecule has 0 fully saturated rings. The molecule has 0 spiro atoms. The fourth-order valence-corrected chi connectivity index (χ4v) is 2.67. The lowest BCUT2D eigenvalue weighted by Crippen LogP contribution is -2.31. The van der Waals surface area contributed by atoms with E-state index >= 15 is 0 Å². The summed E-state index contributed by atoms with van der Waals surface area (Å²) in [6.45, 7) is 4.83. The highest BCUT2D eigenvalue weighted by Gasteiger charge is 2.16. The maximum atomic E-state index is 12.1. The van der Waals surface area contributed by atoms with Crippen LogP contribution in [0.2, 0.25) is 5.02 Å². The van der Waals surface area contributed by atoms with E-state index in [-0.39, 0.29) is 18.6 Å². The number of nitrogens with one attached hydrogen (secondary N) is 1. The predicted molar refractivity (Wildman–Crippen MR) is 95.7 cm³/mol. The fraction of sp³-hybridized carbons (Fsp3) is 0.316. The van der Waals surface area contributed by atoms with Gasteiger partial charge in [0.15, 0.2) is 18.1 Å². The van der Waals surface area contributed by atoms with Gasteiger partial charge in [-0.05, 0) is 55.3 Å². The molecule has 1 aliphatic heterocycles. The van der Waals surface area contributed by atoms with Gasteiger partial charge in [-0.25, -0.2) is 0 Å². The summed E-state index contributed by atoms with van der Waals surface area (Å²) in [6.07, 6.45) is 0. The third-order valence-corrected chi connectivity index (χ3v) is 4.37. The number of amides is 1. The van der Waals surface area contributed by atoms with Gasteiger partial charge in [0.25, 0.3) is 5.91 Å². The molecule has 1 heterocycles. The van der Waals surface area contributed by atoms with Gasteiger partial charge in [0.05, 0.1) is 6.04 Å². The summed E-state index contributed by atoms with van der Waals surface area (Å²) in [5.74, 6) is 1.85. The van der Waals surface area contributed by atoms with Gasteiger partial charge in [-0.15, -0.1) is 0 Å². The van der Waals surface area contributed by atoms with Gasteiger partial charge in [0.1, 0.15) is 19.0 Å². The highest BCUT2D eigenvalue weighted by Crippen LogP contribution is 2.32. The molecule has 6 heteroatoms. The molecule has 1 atom stereocenters. The monoisotopic (exact) mass is 361 g/mol. The number of aryl methyl sites for hydroxylation is 1. The number of fused-ring (bicyclic) bond motifs is 1. The Morgan fingerprint density at radius 1 is 1.20 bits per heavy atom. The van der Waals surface area contributed by atoms with Gasteiger partial charge in [0, 0.05) is 5.02 Å². The Labute approximate surface area is 151 Å². The van der Waals surface area contributed by atoms with E-state index < -0.39 is 0 Å². The number of halogens is 1. The van der Waals surface area contributed by atoms with Crippen LogP contribution in [-0.4, -0.2) is 25.7 Å². The van der Waals surface area contributed by atoms with Crippen molar-refractivity contribution in [2.75, 3.05) is 19.8 Å². The zero-order valence-electron chi connectivity index (χ0n) is 14.2. The van der Waals surface area contributed by atoms with E-state index in [1.807, 2.05) is 32.0 Å². The molecule has 0 radical (unpaired) electrons. The number of rotatable bonds is 5. The molecule has 3 rings (SSSR count). The fourth-order valence-electron chi connectivity index (χ4n) is 2.55. The van der Waals surface area contributed by atoms with Crippen LogP contribution in [0.15, 0.2) is 36.4 Å². The molecule has 0 aromatic heterocycles. The van der Waals surface area contributed by atoms with Crippen molar-refractivity contribution in [3.05, 3.63) is 52.5 Å². The van der Waals surface area contributed by atoms with Crippen LogP contribution in [0.4, 0.5) is 0 Å². The number of carbonyl (C=O) groups is 1. The molecule has 132 valence electrons. The van der Waals surface area contributed by atoms with E-state index in [1.165, 1.54) is 0 Å². The summed E-state index contributed by atoms with van der Waals surface area (Å²) in [5.41, 5.74) is 1.85. The second kappa shape index (κ2) is 7.66. The lowest BCUT2D eigenvalue weighted by molar-refractivity contribution is -0.123. The normalized spacial score (nSPS) is 13.9. The molecule has 25 heavy (non-hydrogen) atoms. The third-order valence-electron chi connectivity index (χ3n) is 3.94. The van der Waals surface area contributed by atoms with Gasteiger partial charge >= 0.3 is 0 Å². The zero-order chi connectivity index (χ0) is 17.8. The Morgan fingerprint density at radius 2 is 1.96 bits per heavy atom. The number of carbonyl (C=O) groups excluding carboxylic acids is 1. The smallest absolute Gasteiger partial charge is 0.258 e. The number of ether oxygens (including phenoxy) is 3. The van der Waals surface area contributed by atoms with Crippen LogP contribution in [0.5, 0.6) is 17.2 Å². The van der Waals surface area contributed by atoms with Crippen molar-refractivity contribution >= 4 is 17.5 Å². The molecule has 1 amide bonds. The average Bonchev–Trinajstić information content (AvgIpc) is 2.62. The molecule has 0 saturated heterocycles. The second-order valence-electron chi connectivity index (χ2n) is 5.89. The van der Waals surface area contributed by atoms with Crippen molar-refractivity contribution in [2.24, 2.45) is 0 Å². The number of hydrogen-bond donors (Lipinski definition) is 1. The van der Waals surface area contributed by atoms with Crippen LogP contribution in [0, 0.1) is 6.92 Å². The first kappa shape index (κ1) is 17.4. The molecule has 0 bridgehead atoms. The molecule has 1 aliphatic rings. The van der Waals surface area contributed by atoms with E-state index in [4.69, 9.17) is 25.8 Å². The van der Waals surface area contributed by atoms with Gasteiger partial charge < -0.3 is 19.5 Å².